The molecule has 0 saturated carbocycles. The van der Waals surface area contributed by atoms with Crippen molar-refractivity contribution in [1.29, 1.82) is 0 Å². The zero-order valence-electron chi connectivity index (χ0n) is 10.9. The molecule has 0 aliphatic carbocycles. The van der Waals surface area contributed by atoms with Crippen molar-refractivity contribution < 1.29 is 17.9 Å². The maximum absolute atomic E-state index is 12.2. The maximum atomic E-state index is 12.2. The van der Waals surface area contributed by atoms with Gasteiger partial charge >= 0.3 is 6.36 Å². The Bertz CT molecular complexity index is 433. The highest BCUT2D eigenvalue weighted by Gasteiger charge is 2.32. The Morgan fingerprint density at radius 2 is 2.00 bits per heavy atom. The Kier molecular flexibility index (Phi) is 5.50. The van der Waals surface area contributed by atoms with Crippen LogP contribution in [0, 0.1) is 6.92 Å². The van der Waals surface area contributed by atoms with Crippen molar-refractivity contribution in [2.45, 2.75) is 45.5 Å². The lowest BCUT2D eigenvalue weighted by molar-refractivity contribution is -0.274. The van der Waals surface area contributed by atoms with E-state index in [0.717, 1.165) is 18.4 Å². The smallest absolute Gasteiger partial charge is 0.404 e. The van der Waals surface area contributed by atoms with Crippen LogP contribution in [0.4, 0.5) is 13.2 Å². The molecule has 0 amide bonds. The van der Waals surface area contributed by atoms with Crippen LogP contribution in [-0.4, -0.2) is 12.4 Å². The van der Waals surface area contributed by atoms with Gasteiger partial charge in [0.1, 0.15) is 5.75 Å². The molecule has 108 valence electrons. The number of hydrogen-bond acceptors (Lipinski definition) is 2. The van der Waals surface area contributed by atoms with E-state index in [4.69, 9.17) is 17.3 Å². The highest BCUT2D eigenvalue weighted by molar-refractivity contribution is 6.32. The first-order chi connectivity index (χ1) is 8.69. The van der Waals surface area contributed by atoms with Crippen molar-refractivity contribution >= 4 is 11.6 Å². The number of halogens is 4. The summed E-state index contributed by atoms with van der Waals surface area (Å²) in [6, 6.07) is 3.19. The number of rotatable bonds is 5. The molecule has 0 spiro atoms. The Hall–Kier alpha value is -0.940. The van der Waals surface area contributed by atoms with E-state index in [9.17, 15) is 13.2 Å². The molecule has 1 rings (SSSR count). The quantitative estimate of drug-likeness (QED) is 0.883. The highest BCUT2D eigenvalue weighted by atomic mass is 35.5. The van der Waals surface area contributed by atoms with Crippen LogP contribution in [0.3, 0.4) is 0 Å². The number of ether oxygens (including phenoxy) is 1. The van der Waals surface area contributed by atoms with Crippen LogP contribution < -0.4 is 10.5 Å². The fourth-order valence-electron chi connectivity index (χ4n) is 1.78. The largest absolute Gasteiger partial charge is 0.573 e. The van der Waals surface area contributed by atoms with E-state index in [1.807, 2.05) is 6.92 Å². The summed E-state index contributed by atoms with van der Waals surface area (Å²) in [6.07, 6.45) is -2.46. The molecule has 2 nitrogen and oxygen atoms in total. The van der Waals surface area contributed by atoms with E-state index in [0.29, 0.717) is 12.0 Å². The average Bonchev–Trinajstić information content (AvgIpc) is 2.22. The van der Waals surface area contributed by atoms with Gasteiger partial charge in [-0.1, -0.05) is 17.7 Å². The number of alkyl halides is 3. The van der Waals surface area contributed by atoms with E-state index in [1.165, 1.54) is 6.07 Å². The molecular weight excluding hydrogens is 279 g/mol. The first kappa shape index (κ1) is 16.1. The van der Waals surface area contributed by atoms with Crippen LogP contribution in [-0.2, 0) is 6.42 Å². The van der Waals surface area contributed by atoms with Gasteiger partial charge in [-0.05, 0) is 50.3 Å². The zero-order chi connectivity index (χ0) is 14.6. The van der Waals surface area contributed by atoms with Crippen LogP contribution in [0.15, 0.2) is 12.1 Å². The molecule has 2 N–H and O–H groups in total. The van der Waals surface area contributed by atoms with Crippen molar-refractivity contribution in [3.8, 4) is 5.75 Å². The molecule has 0 fully saturated rings. The van der Waals surface area contributed by atoms with Gasteiger partial charge in [0.05, 0.1) is 5.02 Å². The molecular formula is C13H17ClF3NO. The molecule has 0 radical (unpaired) electrons. The molecule has 0 aliphatic rings. The summed E-state index contributed by atoms with van der Waals surface area (Å²) < 4.78 is 40.7. The Morgan fingerprint density at radius 1 is 1.37 bits per heavy atom. The van der Waals surface area contributed by atoms with Crippen molar-refractivity contribution in [3.05, 3.63) is 28.3 Å². The monoisotopic (exact) mass is 295 g/mol. The number of benzene rings is 1. The lowest BCUT2D eigenvalue weighted by Crippen LogP contribution is -2.17. The summed E-state index contributed by atoms with van der Waals surface area (Å²) in [5, 5.41) is -0.00623. The topological polar surface area (TPSA) is 35.2 Å². The summed E-state index contributed by atoms with van der Waals surface area (Å²) >= 11 is 5.81. The maximum Gasteiger partial charge on any atom is 0.573 e. The summed E-state index contributed by atoms with van der Waals surface area (Å²) in [4.78, 5) is 0. The molecule has 0 bridgehead atoms. The lowest BCUT2D eigenvalue weighted by Gasteiger charge is -2.14. The molecule has 0 saturated heterocycles. The van der Waals surface area contributed by atoms with E-state index in [-0.39, 0.29) is 16.8 Å². The van der Waals surface area contributed by atoms with Crippen molar-refractivity contribution in [2.75, 3.05) is 0 Å². The molecule has 0 aliphatic heterocycles. The van der Waals surface area contributed by atoms with Gasteiger partial charge in [0.2, 0.25) is 0 Å². The van der Waals surface area contributed by atoms with Gasteiger partial charge < -0.3 is 10.5 Å². The SMILES string of the molecule is Cc1cc(CCCC(C)N)cc(OC(F)(F)F)c1Cl. The number of hydrogen-bond donors (Lipinski definition) is 1. The average molecular weight is 296 g/mol. The molecule has 1 atom stereocenters. The van der Waals surface area contributed by atoms with Gasteiger partial charge in [-0.2, -0.15) is 0 Å². The van der Waals surface area contributed by atoms with Crippen LogP contribution in [0.2, 0.25) is 5.02 Å². The fourth-order valence-corrected chi connectivity index (χ4v) is 1.93. The van der Waals surface area contributed by atoms with Gasteiger partial charge in [-0.15, -0.1) is 13.2 Å². The number of nitrogens with two attached hydrogens (primary N) is 1. The number of aryl methyl sites for hydroxylation is 2. The second-order valence-electron chi connectivity index (χ2n) is 4.64. The Morgan fingerprint density at radius 3 is 2.53 bits per heavy atom. The summed E-state index contributed by atoms with van der Waals surface area (Å²) in [6.45, 7) is 3.55. The summed E-state index contributed by atoms with van der Waals surface area (Å²) in [5.74, 6) is -0.343. The molecule has 1 unspecified atom stereocenters. The van der Waals surface area contributed by atoms with E-state index < -0.39 is 6.36 Å². The normalized spacial score (nSPS) is 13.4. The second kappa shape index (κ2) is 6.48. The van der Waals surface area contributed by atoms with Crippen LogP contribution in [0.25, 0.3) is 0 Å². The van der Waals surface area contributed by atoms with Gasteiger partial charge in [0, 0.05) is 6.04 Å². The third-order valence-corrected chi connectivity index (χ3v) is 3.12. The van der Waals surface area contributed by atoms with Gasteiger partial charge in [-0.3, -0.25) is 0 Å². The Labute approximate surface area is 115 Å². The minimum absolute atomic E-state index is 0.00623. The minimum atomic E-state index is -4.74. The second-order valence-corrected chi connectivity index (χ2v) is 5.02. The van der Waals surface area contributed by atoms with Crippen LogP contribution in [0.1, 0.15) is 30.9 Å². The zero-order valence-corrected chi connectivity index (χ0v) is 11.6. The molecule has 1 aromatic carbocycles. The molecule has 0 aromatic heterocycles. The van der Waals surface area contributed by atoms with Crippen LogP contribution >= 0.6 is 11.6 Å². The van der Waals surface area contributed by atoms with Crippen LogP contribution in [0.5, 0.6) is 5.75 Å². The van der Waals surface area contributed by atoms with Gasteiger partial charge in [-0.25, -0.2) is 0 Å². The van der Waals surface area contributed by atoms with Crippen molar-refractivity contribution in [3.63, 3.8) is 0 Å². The third-order valence-electron chi connectivity index (χ3n) is 2.63. The molecule has 6 heteroatoms. The van der Waals surface area contributed by atoms with Gasteiger partial charge in [0.15, 0.2) is 0 Å². The fraction of sp³-hybridized carbons (Fsp3) is 0.538. The van der Waals surface area contributed by atoms with E-state index >= 15 is 0 Å². The lowest BCUT2D eigenvalue weighted by atomic mass is 10.0. The summed E-state index contributed by atoms with van der Waals surface area (Å²) in [7, 11) is 0. The van der Waals surface area contributed by atoms with E-state index in [2.05, 4.69) is 4.74 Å². The predicted molar refractivity (Wildman–Crippen MR) is 69.5 cm³/mol. The highest BCUT2D eigenvalue weighted by Crippen LogP contribution is 2.34. The van der Waals surface area contributed by atoms with E-state index in [1.54, 1.807) is 13.0 Å². The molecule has 1 aromatic rings. The minimum Gasteiger partial charge on any atom is -0.404 e. The van der Waals surface area contributed by atoms with Crippen molar-refractivity contribution in [2.24, 2.45) is 5.73 Å². The first-order valence-corrected chi connectivity index (χ1v) is 6.37. The molecule has 0 heterocycles. The summed E-state index contributed by atoms with van der Waals surface area (Å²) in [5.41, 5.74) is 6.96. The predicted octanol–water partition coefficient (Wildman–Crippen LogP) is 4.22. The van der Waals surface area contributed by atoms with Gasteiger partial charge in [0.25, 0.3) is 0 Å². The third kappa shape index (κ3) is 5.70. The first-order valence-electron chi connectivity index (χ1n) is 5.99. The van der Waals surface area contributed by atoms with Crippen molar-refractivity contribution in [1.82, 2.24) is 0 Å². The molecule has 19 heavy (non-hydrogen) atoms. The standard InChI is InChI=1S/C13H17ClF3NO/c1-8-6-10(5-3-4-9(2)18)7-11(12(8)14)19-13(15,16)17/h6-7,9H,3-5,18H2,1-2H3. The Balaban J connectivity index is 2.84.